The van der Waals surface area contributed by atoms with Crippen LogP contribution in [-0.4, -0.2) is 0 Å². The molecule has 0 amide bonds. The summed E-state index contributed by atoms with van der Waals surface area (Å²) in [7, 11) is 0. The van der Waals surface area contributed by atoms with Gasteiger partial charge in [0.1, 0.15) is 0 Å². The van der Waals surface area contributed by atoms with E-state index in [1.807, 2.05) is 0 Å². The molecule has 0 aliphatic rings. The van der Waals surface area contributed by atoms with Crippen LogP contribution in [0.2, 0.25) is 0 Å². The highest BCUT2D eigenvalue weighted by Crippen LogP contribution is 2.24. The second-order valence-electron chi connectivity index (χ2n) is 5.85. The second kappa shape index (κ2) is 6.55. The molecule has 0 nitrogen and oxygen atoms in total. The second-order valence-corrected chi connectivity index (χ2v) is 5.85. The summed E-state index contributed by atoms with van der Waals surface area (Å²) in [5, 5.41) is 7.92. The van der Waals surface area contributed by atoms with Gasteiger partial charge >= 0.3 is 0 Å². The van der Waals surface area contributed by atoms with Gasteiger partial charge in [0.25, 0.3) is 0 Å². The summed E-state index contributed by atoms with van der Waals surface area (Å²) in [6.45, 7) is 0. The van der Waals surface area contributed by atoms with Crippen LogP contribution in [0.25, 0.3) is 32.3 Å². The van der Waals surface area contributed by atoms with Gasteiger partial charge in [0.05, 0.1) is 0 Å². The summed E-state index contributed by atoms with van der Waals surface area (Å²) in [5.41, 5.74) is 0. The molecule has 0 saturated heterocycles. The van der Waals surface area contributed by atoms with Crippen molar-refractivity contribution in [1.82, 2.24) is 0 Å². The van der Waals surface area contributed by atoms with Crippen LogP contribution in [0, 0.1) is 0 Å². The van der Waals surface area contributed by atoms with Crippen LogP contribution in [0.4, 0.5) is 0 Å². The highest BCUT2D eigenvalue weighted by molar-refractivity contribution is 6.07. The first-order valence-electron chi connectivity index (χ1n) is 8.22. The molecule has 0 fully saturated rings. The third-order valence-corrected chi connectivity index (χ3v) is 4.31. The quantitative estimate of drug-likeness (QED) is 0.275. The molecule has 0 saturated carbocycles. The minimum atomic E-state index is 1.31. The smallest absolute Gasteiger partial charge is 0.0105 e. The van der Waals surface area contributed by atoms with E-state index in [0.29, 0.717) is 0 Å². The maximum atomic E-state index is 2.18. The lowest BCUT2D eigenvalue weighted by Crippen LogP contribution is -1.75. The molecule has 0 spiro atoms. The van der Waals surface area contributed by atoms with Crippen LogP contribution in [-0.2, 0) is 0 Å². The summed E-state index contributed by atoms with van der Waals surface area (Å²) < 4.78 is 0. The average Bonchev–Trinajstić information content (AvgIpc) is 2.68. The van der Waals surface area contributed by atoms with Crippen molar-refractivity contribution in [2.45, 2.75) is 0 Å². The van der Waals surface area contributed by atoms with Crippen molar-refractivity contribution in [3.63, 3.8) is 0 Å². The fourth-order valence-electron chi connectivity index (χ4n) is 3.09. The Bertz CT molecular complexity index is 986. The van der Waals surface area contributed by atoms with E-state index in [9.17, 15) is 0 Å². The van der Waals surface area contributed by atoms with Crippen molar-refractivity contribution >= 4 is 32.3 Å². The zero-order valence-electron chi connectivity index (χ0n) is 13.4. The van der Waals surface area contributed by atoms with E-state index >= 15 is 0 Å². The van der Waals surface area contributed by atoms with Gasteiger partial charge in [-0.1, -0.05) is 109 Å². The minimum absolute atomic E-state index is 1.31. The van der Waals surface area contributed by atoms with Crippen molar-refractivity contribution in [1.29, 1.82) is 0 Å². The molecule has 0 N–H and O–H groups in total. The van der Waals surface area contributed by atoms with Crippen LogP contribution in [0.15, 0.2) is 109 Å². The number of benzene rings is 5. The Kier molecular flexibility index (Phi) is 3.95. The largest absolute Gasteiger partial charge is 0.0616 e. The first-order valence-corrected chi connectivity index (χ1v) is 8.22. The van der Waals surface area contributed by atoms with Crippen LogP contribution < -0.4 is 0 Å². The topological polar surface area (TPSA) is 0 Å². The maximum absolute atomic E-state index is 2.18. The lowest BCUT2D eigenvalue weighted by atomic mass is 10.0. The molecule has 0 aromatic heterocycles. The van der Waals surface area contributed by atoms with E-state index in [-0.39, 0.29) is 0 Å². The molecule has 0 heteroatoms. The number of hydrogen-bond acceptors (Lipinski definition) is 0. The third-order valence-electron chi connectivity index (χ3n) is 4.31. The monoisotopic (exact) mass is 306 g/mol. The van der Waals surface area contributed by atoms with Crippen molar-refractivity contribution in [2.75, 3.05) is 0 Å². The van der Waals surface area contributed by atoms with Gasteiger partial charge < -0.3 is 0 Å². The Morgan fingerprint density at radius 3 is 0.917 bits per heavy atom. The summed E-state index contributed by atoms with van der Waals surface area (Å²) in [6, 6.07) is 38.1. The highest BCUT2D eigenvalue weighted by atomic mass is 14.0. The molecule has 0 aliphatic carbocycles. The van der Waals surface area contributed by atoms with Gasteiger partial charge in [0.2, 0.25) is 0 Å². The lowest BCUT2D eigenvalue weighted by molar-refractivity contribution is 1.75. The Morgan fingerprint density at radius 2 is 0.542 bits per heavy atom. The molecule has 5 aromatic rings. The van der Waals surface area contributed by atoms with E-state index < -0.39 is 0 Å². The van der Waals surface area contributed by atoms with E-state index in [2.05, 4.69) is 109 Å². The van der Waals surface area contributed by atoms with Crippen molar-refractivity contribution in [3.05, 3.63) is 109 Å². The van der Waals surface area contributed by atoms with Gasteiger partial charge in [-0.05, 0) is 32.3 Å². The SMILES string of the molecule is c1ccc2c(c1)ccc1ccccc12.c1ccc2ccccc2c1. The normalized spacial score (nSPS) is 10.5. The van der Waals surface area contributed by atoms with Gasteiger partial charge in [0, 0.05) is 0 Å². The first-order chi connectivity index (χ1) is 11.9. The Hall–Kier alpha value is -3.12. The van der Waals surface area contributed by atoms with Gasteiger partial charge in [0.15, 0.2) is 0 Å². The van der Waals surface area contributed by atoms with Gasteiger partial charge in [-0.25, -0.2) is 0 Å². The zero-order valence-corrected chi connectivity index (χ0v) is 13.4. The summed E-state index contributed by atoms with van der Waals surface area (Å²) in [4.78, 5) is 0. The van der Waals surface area contributed by atoms with Gasteiger partial charge in [-0.3, -0.25) is 0 Å². The Morgan fingerprint density at radius 1 is 0.250 bits per heavy atom. The molecule has 114 valence electrons. The van der Waals surface area contributed by atoms with Crippen LogP contribution in [0.3, 0.4) is 0 Å². The standard InChI is InChI=1S/C14H10.C10H8/c1-3-7-13-11(5-1)9-10-12-6-2-4-8-14(12)13;1-2-6-10-8-4-3-7-9(10)5-1/h1-10H;1-8H. The maximum Gasteiger partial charge on any atom is -0.0105 e. The number of rotatable bonds is 0. The predicted molar refractivity (Wildman–Crippen MR) is 105 cm³/mol. The molecule has 0 bridgehead atoms. The van der Waals surface area contributed by atoms with Gasteiger partial charge in [-0.2, -0.15) is 0 Å². The Balaban J connectivity index is 0.000000129. The van der Waals surface area contributed by atoms with Crippen molar-refractivity contribution in [3.8, 4) is 0 Å². The summed E-state index contributed by atoms with van der Waals surface area (Å²) >= 11 is 0. The van der Waals surface area contributed by atoms with E-state index in [0.717, 1.165) is 0 Å². The first kappa shape index (κ1) is 14.5. The van der Waals surface area contributed by atoms with E-state index in [1.54, 1.807) is 0 Å². The van der Waals surface area contributed by atoms with E-state index in [1.165, 1.54) is 32.3 Å². The molecular weight excluding hydrogens is 288 g/mol. The van der Waals surface area contributed by atoms with Crippen molar-refractivity contribution < 1.29 is 0 Å². The molecule has 0 unspecified atom stereocenters. The molecule has 0 heterocycles. The predicted octanol–water partition coefficient (Wildman–Crippen LogP) is 6.83. The number of hydrogen-bond donors (Lipinski definition) is 0. The lowest BCUT2D eigenvalue weighted by Gasteiger charge is -2.02. The van der Waals surface area contributed by atoms with Crippen LogP contribution in [0.1, 0.15) is 0 Å². The molecule has 5 rings (SSSR count). The summed E-state index contributed by atoms with van der Waals surface area (Å²) in [5.74, 6) is 0. The average molecular weight is 306 g/mol. The molecule has 0 atom stereocenters. The fourth-order valence-corrected chi connectivity index (χ4v) is 3.09. The molecular formula is C24H18. The molecule has 24 heavy (non-hydrogen) atoms. The summed E-state index contributed by atoms with van der Waals surface area (Å²) in [6.07, 6.45) is 0. The van der Waals surface area contributed by atoms with E-state index in [4.69, 9.17) is 0 Å². The fraction of sp³-hybridized carbons (Fsp3) is 0. The highest BCUT2D eigenvalue weighted by Gasteiger charge is 1.97. The molecule has 0 aliphatic heterocycles. The van der Waals surface area contributed by atoms with Crippen LogP contribution in [0.5, 0.6) is 0 Å². The van der Waals surface area contributed by atoms with Crippen LogP contribution >= 0.6 is 0 Å². The minimum Gasteiger partial charge on any atom is -0.0616 e. The molecule has 0 radical (unpaired) electrons. The molecule has 5 aromatic carbocycles. The van der Waals surface area contributed by atoms with Gasteiger partial charge in [-0.15, -0.1) is 0 Å². The zero-order chi connectivity index (χ0) is 16.2. The number of fused-ring (bicyclic) bond motifs is 4. The Labute approximate surface area is 142 Å². The van der Waals surface area contributed by atoms with Crippen molar-refractivity contribution in [2.24, 2.45) is 0 Å². The third kappa shape index (κ3) is 2.87.